The number of phenolic OH excluding ortho intramolecular Hbond substituents is 1. The summed E-state index contributed by atoms with van der Waals surface area (Å²) in [4.78, 5) is 0. The van der Waals surface area contributed by atoms with Gasteiger partial charge in [-0.3, -0.25) is 0 Å². The molecular formula is C21H15ClO. The van der Waals surface area contributed by atoms with Crippen LogP contribution in [0.3, 0.4) is 0 Å². The summed E-state index contributed by atoms with van der Waals surface area (Å²) in [6.45, 7) is 0. The van der Waals surface area contributed by atoms with E-state index in [0.717, 1.165) is 32.3 Å². The number of halogens is 1. The second kappa shape index (κ2) is 5.60. The van der Waals surface area contributed by atoms with Gasteiger partial charge in [0.25, 0.3) is 0 Å². The van der Waals surface area contributed by atoms with Gasteiger partial charge in [0.05, 0.1) is 0 Å². The van der Waals surface area contributed by atoms with Crippen molar-refractivity contribution in [2.75, 3.05) is 0 Å². The van der Waals surface area contributed by atoms with Crippen molar-refractivity contribution in [3.8, 4) is 5.75 Å². The van der Waals surface area contributed by atoms with Gasteiger partial charge in [0.1, 0.15) is 5.75 Å². The molecule has 0 unspecified atom stereocenters. The molecule has 0 radical (unpaired) electrons. The van der Waals surface area contributed by atoms with Crippen LogP contribution in [0.5, 0.6) is 5.75 Å². The fourth-order valence-electron chi connectivity index (χ4n) is 3.08. The molecule has 0 aliphatic heterocycles. The summed E-state index contributed by atoms with van der Waals surface area (Å²) in [6, 6.07) is 24.1. The minimum absolute atomic E-state index is 0.314. The van der Waals surface area contributed by atoms with Crippen LogP contribution in [-0.2, 0) is 6.42 Å². The van der Waals surface area contributed by atoms with E-state index in [1.54, 1.807) is 0 Å². The molecule has 0 aliphatic carbocycles. The largest absolute Gasteiger partial charge is 0.508 e. The molecule has 0 aliphatic rings. The van der Waals surface area contributed by atoms with Crippen LogP contribution < -0.4 is 0 Å². The van der Waals surface area contributed by atoms with Gasteiger partial charge in [-0.15, -0.1) is 0 Å². The van der Waals surface area contributed by atoms with Gasteiger partial charge in [-0.1, -0.05) is 66.2 Å². The number of aromatic hydroxyl groups is 1. The maximum Gasteiger partial charge on any atom is 0.119 e. The summed E-state index contributed by atoms with van der Waals surface area (Å²) in [5.74, 6) is 0.314. The van der Waals surface area contributed by atoms with Crippen molar-refractivity contribution >= 4 is 33.1 Å². The number of benzene rings is 4. The van der Waals surface area contributed by atoms with Gasteiger partial charge in [-0.25, -0.2) is 0 Å². The van der Waals surface area contributed by atoms with Crippen molar-refractivity contribution < 1.29 is 5.11 Å². The molecule has 4 rings (SSSR count). The predicted octanol–water partition coefficient (Wildman–Crippen LogP) is 5.94. The van der Waals surface area contributed by atoms with E-state index in [1.807, 2.05) is 42.5 Å². The maximum absolute atomic E-state index is 10.5. The van der Waals surface area contributed by atoms with E-state index in [-0.39, 0.29) is 0 Å². The van der Waals surface area contributed by atoms with Crippen LogP contribution in [0.25, 0.3) is 21.5 Å². The van der Waals surface area contributed by atoms with E-state index in [2.05, 4.69) is 30.3 Å². The number of rotatable bonds is 2. The molecule has 4 aromatic rings. The second-order valence-electron chi connectivity index (χ2n) is 5.76. The minimum Gasteiger partial charge on any atom is -0.508 e. The number of hydrogen-bond acceptors (Lipinski definition) is 1. The van der Waals surface area contributed by atoms with Crippen LogP contribution in [0.15, 0.2) is 72.8 Å². The van der Waals surface area contributed by atoms with Gasteiger partial charge in [0.2, 0.25) is 0 Å². The zero-order chi connectivity index (χ0) is 15.8. The minimum atomic E-state index is 0.314. The lowest BCUT2D eigenvalue weighted by Gasteiger charge is -2.10. The van der Waals surface area contributed by atoms with Crippen molar-refractivity contribution in [1.82, 2.24) is 0 Å². The van der Waals surface area contributed by atoms with Gasteiger partial charge in [0.15, 0.2) is 0 Å². The van der Waals surface area contributed by atoms with Gasteiger partial charge in [-0.05, 0) is 50.9 Å². The SMILES string of the molecule is Oc1cc2c(ccc3ccccc32)cc1Cc1ccccc1Cl. The molecule has 4 aromatic carbocycles. The van der Waals surface area contributed by atoms with Gasteiger partial charge in [0, 0.05) is 11.4 Å². The van der Waals surface area contributed by atoms with Crippen molar-refractivity contribution in [1.29, 1.82) is 0 Å². The number of fused-ring (bicyclic) bond motifs is 3. The molecule has 0 spiro atoms. The van der Waals surface area contributed by atoms with Crippen molar-refractivity contribution in [2.45, 2.75) is 6.42 Å². The maximum atomic E-state index is 10.5. The van der Waals surface area contributed by atoms with E-state index >= 15 is 0 Å². The Morgan fingerprint density at radius 3 is 2.30 bits per heavy atom. The highest BCUT2D eigenvalue weighted by atomic mass is 35.5. The van der Waals surface area contributed by atoms with Crippen molar-refractivity contribution in [3.05, 3.63) is 88.9 Å². The highest BCUT2D eigenvalue weighted by molar-refractivity contribution is 6.31. The molecule has 0 aromatic heterocycles. The first-order chi connectivity index (χ1) is 11.2. The third-order valence-corrected chi connectivity index (χ3v) is 4.65. The van der Waals surface area contributed by atoms with Crippen molar-refractivity contribution in [2.24, 2.45) is 0 Å². The van der Waals surface area contributed by atoms with E-state index in [9.17, 15) is 5.11 Å². The standard InChI is InChI=1S/C21H15ClO/c22-20-8-4-2-6-16(20)12-17-11-15-10-9-14-5-1-3-7-18(14)19(15)13-21(17)23/h1-11,13,23H,12H2. The Labute approximate surface area is 139 Å². The lowest BCUT2D eigenvalue weighted by molar-refractivity contribution is 0.470. The molecule has 0 fully saturated rings. The summed E-state index contributed by atoms with van der Waals surface area (Å²) in [5.41, 5.74) is 1.91. The van der Waals surface area contributed by atoms with E-state index in [0.29, 0.717) is 12.2 Å². The third-order valence-electron chi connectivity index (χ3n) is 4.28. The first kappa shape index (κ1) is 14.1. The van der Waals surface area contributed by atoms with E-state index < -0.39 is 0 Å². The highest BCUT2D eigenvalue weighted by Gasteiger charge is 2.09. The molecular weight excluding hydrogens is 304 g/mol. The average molecular weight is 319 g/mol. The predicted molar refractivity (Wildman–Crippen MR) is 97.4 cm³/mol. The molecule has 1 nitrogen and oxygen atoms in total. The van der Waals surface area contributed by atoms with Crippen molar-refractivity contribution in [3.63, 3.8) is 0 Å². The Balaban J connectivity index is 1.88. The zero-order valence-corrected chi connectivity index (χ0v) is 13.2. The Bertz CT molecular complexity index is 1020. The fraction of sp³-hybridized carbons (Fsp3) is 0.0476. The van der Waals surface area contributed by atoms with Crippen LogP contribution in [-0.4, -0.2) is 5.11 Å². The smallest absolute Gasteiger partial charge is 0.119 e. The Morgan fingerprint density at radius 2 is 1.43 bits per heavy atom. The average Bonchev–Trinajstić information content (AvgIpc) is 2.57. The van der Waals surface area contributed by atoms with Gasteiger partial charge in [-0.2, -0.15) is 0 Å². The second-order valence-corrected chi connectivity index (χ2v) is 6.16. The molecule has 0 amide bonds. The summed E-state index contributed by atoms with van der Waals surface area (Å²) in [5, 5.41) is 15.7. The molecule has 1 N–H and O–H groups in total. The fourth-order valence-corrected chi connectivity index (χ4v) is 3.28. The van der Waals surface area contributed by atoms with Crippen LogP contribution in [0.1, 0.15) is 11.1 Å². The highest BCUT2D eigenvalue weighted by Crippen LogP contribution is 2.32. The Hall–Kier alpha value is -2.51. The lowest BCUT2D eigenvalue weighted by Crippen LogP contribution is -1.91. The topological polar surface area (TPSA) is 20.2 Å². The summed E-state index contributed by atoms with van der Waals surface area (Å²) in [6.07, 6.45) is 0.619. The summed E-state index contributed by atoms with van der Waals surface area (Å²) in [7, 11) is 0. The molecule has 0 saturated heterocycles. The number of phenols is 1. The normalized spacial score (nSPS) is 11.2. The summed E-state index contributed by atoms with van der Waals surface area (Å²) < 4.78 is 0. The quantitative estimate of drug-likeness (QED) is 0.453. The molecule has 2 heteroatoms. The van der Waals surface area contributed by atoms with Gasteiger partial charge >= 0.3 is 0 Å². The molecule has 0 atom stereocenters. The zero-order valence-electron chi connectivity index (χ0n) is 12.5. The Kier molecular flexibility index (Phi) is 3.44. The van der Waals surface area contributed by atoms with Crippen LogP contribution >= 0.6 is 11.6 Å². The monoisotopic (exact) mass is 318 g/mol. The van der Waals surface area contributed by atoms with Crippen LogP contribution in [0.2, 0.25) is 5.02 Å². The van der Waals surface area contributed by atoms with Crippen LogP contribution in [0.4, 0.5) is 0 Å². The first-order valence-electron chi connectivity index (χ1n) is 7.59. The lowest BCUT2D eigenvalue weighted by atomic mass is 9.97. The van der Waals surface area contributed by atoms with E-state index in [4.69, 9.17) is 11.6 Å². The molecule has 112 valence electrons. The van der Waals surface area contributed by atoms with Crippen LogP contribution in [0, 0.1) is 0 Å². The molecule has 0 bridgehead atoms. The molecule has 0 saturated carbocycles. The first-order valence-corrected chi connectivity index (χ1v) is 7.97. The molecule has 23 heavy (non-hydrogen) atoms. The van der Waals surface area contributed by atoms with E-state index in [1.165, 1.54) is 5.39 Å². The Morgan fingerprint density at radius 1 is 0.696 bits per heavy atom. The van der Waals surface area contributed by atoms with Gasteiger partial charge < -0.3 is 5.11 Å². The summed E-state index contributed by atoms with van der Waals surface area (Å²) >= 11 is 6.24. The number of hydrogen-bond donors (Lipinski definition) is 1. The third kappa shape index (κ3) is 2.54. The molecule has 0 heterocycles.